The van der Waals surface area contributed by atoms with Gasteiger partial charge >= 0.3 is 0 Å². The highest BCUT2D eigenvalue weighted by atomic mass is 32.3. The summed E-state index contributed by atoms with van der Waals surface area (Å²) in [5.41, 5.74) is 4.27. The molecule has 2 aliphatic heterocycles. The summed E-state index contributed by atoms with van der Waals surface area (Å²) in [4.78, 5) is 19.5. The van der Waals surface area contributed by atoms with Crippen molar-refractivity contribution in [3.05, 3.63) is 65.3 Å². The number of halogens is 2. The fourth-order valence-corrected chi connectivity index (χ4v) is 7.37. The number of nitrogens with zero attached hydrogens (tertiary/aromatic N) is 4. The molecule has 2 saturated heterocycles. The van der Waals surface area contributed by atoms with Gasteiger partial charge in [-0.2, -0.15) is 10.6 Å². The van der Waals surface area contributed by atoms with Gasteiger partial charge in [0.05, 0.1) is 28.5 Å². The lowest BCUT2D eigenvalue weighted by Crippen LogP contribution is -2.31. The van der Waals surface area contributed by atoms with Crippen molar-refractivity contribution in [3.63, 3.8) is 0 Å². The molecule has 2 aromatic carbocycles. The largest absolute Gasteiger partial charge is 0.361 e. The summed E-state index contributed by atoms with van der Waals surface area (Å²) in [5.74, 6) is 0.150. The third-order valence-corrected chi connectivity index (χ3v) is 9.37. The van der Waals surface area contributed by atoms with Gasteiger partial charge in [0.1, 0.15) is 23.2 Å². The second-order valence-electron chi connectivity index (χ2n) is 10.1. The maximum atomic E-state index is 14.1. The van der Waals surface area contributed by atoms with Crippen LogP contribution in [0.25, 0.3) is 22.2 Å². The van der Waals surface area contributed by atoms with Crippen LogP contribution in [0.5, 0.6) is 0 Å². The first-order chi connectivity index (χ1) is 18.1. The molecule has 6 rings (SSSR count). The molecule has 11 heteroatoms. The molecule has 1 atom stereocenters. The fourth-order valence-electron chi connectivity index (χ4n) is 5.87. The second kappa shape index (κ2) is 9.18. The molecular formula is C27H28F2N4O4S. The SMILES string of the molecule is Cc1noc(C)c1-c1ccc2c(c1)nc(C1CCC(=O)N1c1cc(F)cc(F)c1)n2C1CCS(O)(O)CC1. The molecule has 4 heterocycles. The lowest BCUT2D eigenvalue weighted by Gasteiger charge is -2.40. The van der Waals surface area contributed by atoms with E-state index >= 15 is 0 Å². The second-order valence-corrected chi connectivity index (χ2v) is 12.6. The number of aryl methyl sites for hydroxylation is 2. The smallest absolute Gasteiger partial charge is 0.227 e. The molecule has 200 valence electrons. The van der Waals surface area contributed by atoms with E-state index in [1.54, 1.807) is 0 Å². The number of rotatable bonds is 4. The molecule has 38 heavy (non-hydrogen) atoms. The Hall–Kier alpha value is -3.28. The molecule has 2 aliphatic rings. The highest BCUT2D eigenvalue weighted by Crippen LogP contribution is 2.49. The Kier molecular flexibility index (Phi) is 6.04. The first-order valence-corrected chi connectivity index (χ1v) is 14.5. The van der Waals surface area contributed by atoms with E-state index in [-0.39, 0.29) is 35.6 Å². The van der Waals surface area contributed by atoms with E-state index in [4.69, 9.17) is 9.51 Å². The Morgan fingerprint density at radius 1 is 1.03 bits per heavy atom. The lowest BCUT2D eigenvalue weighted by molar-refractivity contribution is -0.117. The quantitative estimate of drug-likeness (QED) is 0.303. The number of hydrogen-bond donors (Lipinski definition) is 2. The standard InChI is InChI=1S/C27H28F2N4O4S/c1-15-26(16(2)37-31-15)17-3-4-23-22(11-17)30-27(33(23)20-7-9-38(35,36)10-8-20)24-5-6-25(34)32(24)21-13-18(28)12-19(29)14-21/h3-4,11-14,20,24,35-36H,5-10H2,1-2H3. The van der Waals surface area contributed by atoms with Crippen LogP contribution in [0.1, 0.15) is 55.0 Å². The van der Waals surface area contributed by atoms with Crippen molar-refractivity contribution in [3.8, 4) is 11.1 Å². The summed E-state index contributed by atoms with van der Waals surface area (Å²) >= 11 is 0. The first kappa shape index (κ1) is 25.0. The van der Waals surface area contributed by atoms with Gasteiger partial charge in [-0.25, -0.2) is 13.8 Å². The van der Waals surface area contributed by atoms with Gasteiger partial charge in [0.15, 0.2) is 0 Å². The summed E-state index contributed by atoms with van der Waals surface area (Å²) in [6.07, 6.45) is 1.75. The van der Waals surface area contributed by atoms with Gasteiger partial charge in [-0.3, -0.25) is 13.9 Å². The number of aromatic nitrogens is 3. The molecule has 0 bridgehead atoms. The normalized spacial score (nSPS) is 20.9. The number of anilines is 1. The van der Waals surface area contributed by atoms with E-state index in [0.717, 1.165) is 40.5 Å². The molecule has 1 unspecified atom stereocenters. The Morgan fingerprint density at radius 2 is 1.74 bits per heavy atom. The molecule has 0 radical (unpaired) electrons. The molecular weight excluding hydrogens is 514 g/mol. The Morgan fingerprint density at radius 3 is 2.39 bits per heavy atom. The van der Waals surface area contributed by atoms with Crippen molar-refractivity contribution in [2.75, 3.05) is 16.4 Å². The van der Waals surface area contributed by atoms with E-state index in [9.17, 15) is 22.7 Å². The number of carbonyl (C=O) groups excluding carboxylic acids is 1. The van der Waals surface area contributed by atoms with Gasteiger partial charge in [0, 0.05) is 35.6 Å². The minimum Gasteiger partial charge on any atom is -0.361 e. The highest BCUT2D eigenvalue weighted by Gasteiger charge is 2.39. The zero-order valence-electron chi connectivity index (χ0n) is 21.0. The fraction of sp³-hybridized carbons (Fsp3) is 0.370. The summed E-state index contributed by atoms with van der Waals surface area (Å²) in [6.45, 7) is 3.73. The third kappa shape index (κ3) is 4.28. The average molecular weight is 543 g/mol. The van der Waals surface area contributed by atoms with Crippen molar-refractivity contribution in [2.24, 2.45) is 0 Å². The average Bonchev–Trinajstić information content (AvgIpc) is 3.52. The van der Waals surface area contributed by atoms with Gasteiger partial charge in [0.2, 0.25) is 5.91 Å². The summed E-state index contributed by atoms with van der Waals surface area (Å²) < 4.78 is 56.2. The van der Waals surface area contributed by atoms with E-state index in [0.29, 0.717) is 36.4 Å². The van der Waals surface area contributed by atoms with Crippen LogP contribution in [0.2, 0.25) is 0 Å². The summed E-state index contributed by atoms with van der Waals surface area (Å²) in [5, 5.41) is 4.06. The van der Waals surface area contributed by atoms with Gasteiger partial charge in [-0.15, -0.1) is 0 Å². The number of imidazole rings is 1. The lowest BCUT2D eigenvalue weighted by atomic mass is 10.0. The van der Waals surface area contributed by atoms with Crippen LogP contribution in [-0.2, 0) is 4.79 Å². The molecule has 2 fully saturated rings. The van der Waals surface area contributed by atoms with Gasteiger partial charge in [0.25, 0.3) is 0 Å². The Labute approximate surface area is 219 Å². The summed E-state index contributed by atoms with van der Waals surface area (Å²) in [6, 6.07) is 8.43. The number of hydrogen-bond acceptors (Lipinski definition) is 6. The van der Waals surface area contributed by atoms with Crippen LogP contribution >= 0.6 is 10.6 Å². The predicted molar refractivity (Wildman–Crippen MR) is 141 cm³/mol. The maximum Gasteiger partial charge on any atom is 0.227 e. The molecule has 2 N–H and O–H groups in total. The Bertz CT molecular complexity index is 1520. The van der Waals surface area contributed by atoms with Crippen LogP contribution in [0.4, 0.5) is 14.5 Å². The molecule has 0 aliphatic carbocycles. The van der Waals surface area contributed by atoms with Crippen LogP contribution in [0, 0.1) is 25.5 Å². The van der Waals surface area contributed by atoms with E-state index in [2.05, 4.69) is 9.72 Å². The van der Waals surface area contributed by atoms with Crippen LogP contribution < -0.4 is 4.90 Å². The molecule has 2 aromatic heterocycles. The van der Waals surface area contributed by atoms with E-state index in [1.807, 2.05) is 32.0 Å². The van der Waals surface area contributed by atoms with Crippen molar-refractivity contribution in [2.45, 2.75) is 51.6 Å². The highest BCUT2D eigenvalue weighted by molar-refractivity contribution is 8.24. The molecule has 0 spiro atoms. The molecule has 4 aromatic rings. The van der Waals surface area contributed by atoms with Crippen molar-refractivity contribution in [1.82, 2.24) is 14.7 Å². The number of carbonyl (C=O) groups is 1. The minimum absolute atomic E-state index is 0.0679. The van der Waals surface area contributed by atoms with Crippen molar-refractivity contribution >= 4 is 33.2 Å². The van der Waals surface area contributed by atoms with E-state index < -0.39 is 28.3 Å². The zero-order valence-corrected chi connectivity index (χ0v) is 21.8. The van der Waals surface area contributed by atoms with Gasteiger partial charge < -0.3 is 14.0 Å². The minimum atomic E-state index is -2.61. The van der Waals surface area contributed by atoms with Gasteiger partial charge in [-0.1, -0.05) is 11.2 Å². The monoisotopic (exact) mass is 542 g/mol. The predicted octanol–water partition coefficient (Wildman–Crippen LogP) is 6.54. The van der Waals surface area contributed by atoms with Gasteiger partial charge in [-0.05, 0) is 62.9 Å². The molecule has 8 nitrogen and oxygen atoms in total. The molecule has 0 saturated carbocycles. The maximum absolute atomic E-state index is 14.1. The van der Waals surface area contributed by atoms with Crippen molar-refractivity contribution < 1.29 is 27.2 Å². The number of amides is 1. The van der Waals surface area contributed by atoms with Crippen LogP contribution in [0.3, 0.4) is 0 Å². The van der Waals surface area contributed by atoms with E-state index in [1.165, 1.54) is 4.90 Å². The first-order valence-electron chi connectivity index (χ1n) is 12.6. The van der Waals surface area contributed by atoms with Crippen LogP contribution in [-0.4, -0.2) is 41.2 Å². The number of fused-ring (bicyclic) bond motifs is 1. The topological polar surface area (TPSA) is 105 Å². The van der Waals surface area contributed by atoms with Crippen molar-refractivity contribution in [1.29, 1.82) is 0 Å². The number of benzene rings is 2. The Balaban J connectivity index is 1.51. The third-order valence-electron chi connectivity index (χ3n) is 7.60. The molecule has 1 amide bonds. The zero-order chi connectivity index (χ0) is 26.8. The van der Waals surface area contributed by atoms with Crippen LogP contribution in [0.15, 0.2) is 40.9 Å². The summed E-state index contributed by atoms with van der Waals surface area (Å²) in [7, 11) is -2.61.